The van der Waals surface area contributed by atoms with E-state index in [-0.39, 0.29) is 11.9 Å². The largest absolute Gasteiger partial charge is 0.357 e. The van der Waals surface area contributed by atoms with Crippen LogP contribution in [0.4, 0.5) is 5.82 Å². The van der Waals surface area contributed by atoms with Gasteiger partial charge in [-0.2, -0.15) is 0 Å². The van der Waals surface area contributed by atoms with Crippen LogP contribution in [0.3, 0.4) is 0 Å². The molecule has 6 heteroatoms. The number of carbonyl (C=O) groups is 1. The molecule has 0 aromatic carbocycles. The Kier molecular flexibility index (Phi) is 4.34. The first kappa shape index (κ1) is 16.0. The van der Waals surface area contributed by atoms with Crippen molar-refractivity contribution in [1.82, 2.24) is 19.9 Å². The lowest BCUT2D eigenvalue weighted by atomic mass is 10.1. The van der Waals surface area contributed by atoms with E-state index in [9.17, 15) is 4.79 Å². The minimum Gasteiger partial charge on any atom is -0.357 e. The molecule has 2 aromatic rings. The summed E-state index contributed by atoms with van der Waals surface area (Å²) < 4.78 is 0. The Labute approximate surface area is 147 Å². The summed E-state index contributed by atoms with van der Waals surface area (Å²) in [4.78, 5) is 30.5. The van der Waals surface area contributed by atoms with E-state index in [0.717, 1.165) is 55.4 Å². The number of nitrogens with zero attached hydrogens (tertiary/aromatic N) is 5. The summed E-state index contributed by atoms with van der Waals surface area (Å²) in [5.41, 5.74) is 1.65. The van der Waals surface area contributed by atoms with E-state index in [1.165, 1.54) is 12.8 Å². The fourth-order valence-corrected chi connectivity index (χ4v) is 3.81. The van der Waals surface area contributed by atoms with E-state index in [4.69, 9.17) is 0 Å². The smallest absolute Gasteiger partial charge is 0.254 e. The average Bonchev–Trinajstić information content (AvgIpc) is 3.33. The Balaban J connectivity index is 1.58. The second kappa shape index (κ2) is 6.78. The van der Waals surface area contributed by atoms with Crippen LogP contribution in [0.5, 0.6) is 0 Å². The van der Waals surface area contributed by atoms with Crippen LogP contribution in [0, 0.1) is 6.92 Å². The molecule has 1 unspecified atom stereocenters. The standard InChI is InChI=1S/C19H23N5O/c1-14-20-9-7-16(22-14)17-5-4-12-24(17)19(25)15-6-8-21-18(13-15)23-10-2-3-11-23/h6-9,13,17H,2-5,10-12H2,1H3. The first-order valence-corrected chi connectivity index (χ1v) is 9.04. The van der Waals surface area contributed by atoms with E-state index in [1.807, 2.05) is 30.0 Å². The number of hydrogen-bond acceptors (Lipinski definition) is 5. The Morgan fingerprint density at radius 2 is 1.88 bits per heavy atom. The minimum absolute atomic E-state index is 0.0394. The maximum atomic E-state index is 13.1. The van der Waals surface area contributed by atoms with Crippen molar-refractivity contribution >= 4 is 11.7 Å². The molecule has 0 radical (unpaired) electrons. The third-order valence-corrected chi connectivity index (χ3v) is 5.08. The molecule has 1 amide bonds. The molecule has 0 saturated carbocycles. The van der Waals surface area contributed by atoms with E-state index in [2.05, 4.69) is 19.9 Å². The number of aromatic nitrogens is 3. The predicted octanol–water partition coefficient (Wildman–Crippen LogP) is 2.76. The van der Waals surface area contributed by atoms with Crippen LogP contribution < -0.4 is 4.90 Å². The molecule has 2 aliphatic rings. The Hall–Kier alpha value is -2.50. The Bertz CT molecular complexity index is 772. The van der Waals surface area contributed by atoms with Crippen molar-refractivity contribution in [2.45, 2.75) is 38.6 Å². The van der Waals surface area contributed by atoms with Crippen molar-refractivity contribution in [2.24, 2.45) is 0 Å². The van der Waals surface area contributed by atoms with Gasteiger partial charge < -0.3 is 9.80 Å². The highest BCUT2D eigenvalue weighted by Crippen LogP contribution is 2.32. The number of amides is 1. The summed E-state index contributed by atoms with van der Waals surface area (Å²) >= 11 is 0. The highest BCUT2D eigenvalue weighted by atomic mass is 16.2. The van der Waals surface area contributed by atoms with Gasteiger partial charge in [0.15, 0.2) is 0 Å². The summed E-state index contributed by atoms with van der Waals surface area (Å²) in [7, 11) is 0. The second-order valence-corrected chi connectivity index (χ2v) is 6.78. The monoisotopic (exact) mass is 337 g/mol. The van der Waals surface area contributed by atoms with E-state index in [0.29, 0.717) is 0 Å². The van der Waals surface area contributed by atoms with Crippen molar-refractivity contribution < 1.29 is 4.79 Å². The molecular weight excluding hydrogens is 314 g/mol. The fraction of sp³-hybridized carbons (Fsp3) is 0.474. The minimum atomic E-state index is 0.0394. The lowest BCUT2D eigenvalue weighted by molar-refractivity contribution is 0.0732. The molecule has 2 aliphatic heterocycles. The molecule has 0 bridgehead atoms. The van der Waals surface area contributed by atoms with Crippen LogP contribution in [0.2, 0.25) is 0 Å². The predicted molar refractivity (Wildman–Crippen MR) is 95.5 cm³/mol. The molecule has 4 heterocycles. The van der Waals surface area contributed by atoms with Gasteiger partial charge in [-0.1, -0.05) is 0 Å². The average molecular weight is 337 g/mol. The number of hydrogen-bond donors (Lipinski definition) is 0. The lowest BCUT2D eigenvalue weighted by Gasteiger charge is -2.25. The van der Waals surface area contributed by atoms with Crippen molar-refractivity contribution in [1.29, 1.82) is 0 Å². The SMILES string of the molecule is Cc1nccc(C2CCCN2C(=O)c2ccnc(N3CCCC3)c2)n1. The molecule has 6 nitrogen and oxygen atoms in total. The van der Waals surface area contributed by atoms with Gasteiger partial charge in [0.25, 0.3) is 5.91 Å². The van der Waals surface area contributed by atoms with E-state index in [1.54, 1.807) is 12.4 Å². The lowest BCUT2D eigenvalue weighted by Crippen LogP contribution is -2.31. The van der Waals surface area contributed by atoms with Crippen molar-refractivity contribution in [3.63, 3.8) is 0 Å². The highest BCUT2D eigenvalue weighted by molar-refractivity contribution is 5.95. The first-order chi connectivity index (χ1) is 12.2. The van der Waals surface area contributed by atoms with E-state index < -0.39 is 0 Å². The summed E-state index contributed by atoms with van der Waals surface area (Å²) in [5.74, 6) is 1.73. The topological polar surface area (TPSA) is 62.2 Å². The molecule has 0 spiro atoms. The molecule has 2 saturated heterocycles. The molecule has 4 rings (SSSR count). The van der Waals surface area contributed by atoms with Crippen molar-refractivity contribution in [3.8, 4) is 0 Å². The highest BCUT2D eigenvalue weighted by Gasteiger charge is 2.32. The number of carbonyl (C=O) groups excluding carboxylic acids is 1. The van der Waals surface area contributed by atoms with Gasteiger partial charge in [0.05, 0.1) is 11.7 Å². The van der Waals surface area contributed by atoms with Gasteiger partial charge in [0.1, 0.15) is 11.6 Å². The van der Waals surface area contributed by atoms with Crippen LogP contribution in [0.25, 0.3) is 0 Å². The number of anilines is 1. The normalized spacial score (nSPS) is 20.3. The summed E-state index contributed by atoms with van der Waals surface area (Å²) in [6, 6.07) is 5.72. The van der Waals surface area contributed by atoms with E-state index >= 15 is 0 Å². The van der Waals surface area contributed by atoms with Gasteiger partial charge in [-0.15, -0.1) is 0 Å². The maximum Gasteiger partial charge on any atom is 0.254 e. The summed E-state index contributed by atoms with van der Waals surface area (Å²) in [6.45, 7) is 4.71. The van der Waals surface area contributed by atoms with Gasteiger partial charge in [-0.25, -0.2) is 15.0 Å². The number of likely N-dealkylation sites (tertiary alicyclic amines) is 1. The van der Waals surface area contributed by atoms with Crippen molar-refractivity contribution in [2.75, 3.05) is 24.5 Å². The second-order valence-electron chi connectivity index (χ2n) is 6.78. The maximum absolute atomic E-state index is 13.1. The van der Waals surface area contributed by atoms with Gasteiger partial charge >= 0.3 is 0 Å². The van der Waals surface area contributed by atoms with Crippen LogP contribution in [0.15, 0.2) is 30.6 Å². The van der Waals surface area contributed by atoms with Crippen LogP contribution in [-0.4, -0.2) is 45.4 Å². The molecule has 130 valence electrons. The third kappa shape index (κ3) is 3.21. The zero-order valence-electron chi connectivity index (χ0n) is 14.6. The molecule has 2 fully saturated rings. The number of aryl methyl sites for hydroxylation is 1. The van der Waals surface area contributed by atoms with Gasteiger partial charge in [-0.05, 0) is 50.8 Å². The Morgan fingerprint density at radius 1 is 1.08 bits per heavy atom. The molecule has 0 N–H and O–H groups in total. The van der Waals surface area contributed by atoms with Crippen LogP contribution in [-0.2, 0) is 0 Å². The van der Waals surface area contributed by atoms with Gasteiger partial charge in [0, 0.05) is 37.6 Å². The fourth-order valence-electron chi connectivity index (χ4n) is 3.81. The number of pyridine rings is 1. The van der Waals surface area contributed by atoms with Crippen LogP contribution >= 0.6 is 0 Å². The molecule has 25 heavy (non-hydrogen) atoms. The van der Waals surface area contributed by atoms with Gasteiger partial charge in [0.2, 0.25) is 0 Å². The zero-order chi connectivity index (χ0) is 17.2. The molecular formula is C19H23N5O. The van der Waals surface area contributed by atoms with Crippen LogP contribution in [0.1, 0.15) is 53.6 Å². The third-order valence-electron chi connectivity index (χ3n) is 5.08. The first-order valence-electron chi connectivity index (χ1n) is 9.04. The Morgan fingerprint density at radius 3 is 2.68 bits per heavy atom. The van der Waals surface area contributed by atoms with Gasteiger partial charge in [-0.3, -0.25) is 4.79 Å². The number of rotatable bonds is 3. The quantitative estimate of drug-likeness (QED) is 0.862. The zero-order valence-corrected chi connectivity index (χ0v) is 14.6. The van der Waals surface area contributed by atoms with Crippen molar-refractivity contribution in [3.05, 3.63) is 47.7 Å². The summed E-state index contributed by atoms with van der Waals surface area (Å²) in [5, 5.41) is 0. The molecule has 2 aromatic heterocycles. The molecule has 1 atom stereocenters. The summed E-state index contributed by atoms with van der Waals surface area (Å²) in [6.07, 6.45) is 7.87. The molecule has 0 aliphatic carbocycles.